The van der Waals surface area contributed by atoms with Gasteiger partial charge in [-0.25, -0.2) is 0 Å². The Morgan fingerprint density at radius 1 is 0.947 bits per heavy atom. The number of rotatable bonds is 4. The molecule has 0 saturated heterocycles. The third-order valence-corrected chi connectivity index (χ3v) is 4.87. The van der Waals surface area contributed by atoms with Crippen LogP contribution in [0, 0.1) is 0 Å². The maximum Gasteiger partial charge on any atom is 0.0525 e. The van der Waals surface area contributed by atoms with Gasteiger partial charge in [0.2, 0.25) is 0 Å². The van der Waals surface area contributed by atoms with Gasteiger partial charge in [0.1, 0.15) is 0 Å². The van der Waals surface area contributed by atoms with Crippen molar-refractivity contribution in [2.75, 3.05) is 4.90 Å². The monoisotopic (exact) mass is 271 g/mol. The fourth-order valence-electron chi connectivity index (χ4n) is 3.01. The van der Waals surface area contributed by atoms with Gasteiger partial charge in [0.15, 0.2) is 0 Å². The number of hydrogen-bond acceptors (Lipinski definition) is 2. The number of thiophene rings is 1. The largest absolute Gasteiger partial charge is 0.363 e. The fraction of sp³-hybridized carbons (Fsp3) is 0.412. The van der Waals surface area contributed by atoms with Crippen molar-refractivity contribution in [3.05, 3.63) is 52.7 Å². The summed E-state index contributed by atoms with van der Waals surface area (Å²) in [5, 5.41) is 2.18. The predicted octanol–water partition coefficient (Wildman–Crippen LogP) is 5.09. The fourth-order valence-corrected chi connectivity index (χ4v) is 3.72. The highest BCUT2D eigenvalue weighted by Crippen LogP contribution is 2.29. The van der Waals surface area contributed by atoms with Gasteiger partial charge in [-0.1, -0.05) is 43.5 Å². The Bertz CT molecular complexity index is 471. The molecule has 0 bridgehead atoms. The molecule has 0 atom stereocenters. The molecule has 1 aliphatic rings. The molecular weight excluding hydrogens is 250 g/mol. The molecule has 1 heterocycles. The van der Waals surface area contributed by atoms with E-state index < -0.39 is 0 Å². The molecule has 3 rings (SSSR count). The van der Waals surface area contributed by atoms with Crippen molar-refractivity contribution in [1.29, 1.82) is 0 Å². The first-order valence-electron chi connectivity index (χ1n) is 7.27. The van der Waals surface area contributed by atoms with E-state index in [1.807, 2.05) is 11.3 Å². The molecule has 0 N–H and O–H groups in total. The zero-order chi connectivity index (χ0) is 12.9. The topological polar surface area (TPSA) is 3.24 Å². The molecule has 1 aromatic heterocycles. The summed E-state index contributed by atoms with van der Waals surface area (Å²) in [5.41, 5.74) is 1.38. The number of anilines is 1. The molecule has 1 nitrogen and oxygen atoms in total. The van der Waals surface area contributed by atoms with Crippen LogP contribution in [0.2, 0.25) is 0 Å². The smallest absolute Gasteiger partial charge is 0.0525 e. The molecule has 0 amide bonds. The van der Waals surface area contributed by atoms with Crippen molar-refractivity contribution in [3.8, 4) is 0 Å². The van der Waals surface area contributed by atoms with Crippen molar-refractivity contribution in [3.63, 3.8) is 0 Å². The van der Waals surface area contributed by atoms with Crippen molar-refractivity contribution >= 4 is 17.0 Å². The summed E-state index contributed by atoms with van der Waals surface area (Å²) < 4.78 is 0. The van der Waals surface area contributed by atoms with Gasteiger partial charge in [0.05, 0.1) is 6.54 Å². The summed E-state index contributed by atoms with van der Waals surface area (Å²) in [6.07, 6.45) is 6.88. The van der Waals surface area contributed by atoms with Crippen molar-refractivity contribution in [2.45, 2.75) is 44.7 Å². The van der Waals surface area contributed by atoms with Crippen molar-refractivity contribution < 1.29 is 0 Å². The van der Waals surface area contributed by atoms with E-state index in [0.717, 1.165) is 12.6 Å². The highest BCUT2D eigenvalue weighted by molar-refractivity contribution is 7.09. The van der Waals surface area contributed by atoms with Gasteiger partial charge in [-0.05, 0) is 36.4 Å². The first-order valence-corrected chi connectivity index (χ1v) is 8.15. The van der Waals surface area contributed by atoms with Crippen LogP contribution in [0.25, 0.3) is 0 Å². The highest BCUT2D eigenvalue weighted by Gasteiger charge is 2.21. The predicted molar refractivity (Wildman–Crippen MR) is 83.8 cm³/mol. The van der Waals surface area contributed by atoms with Crippen LogP contribution in [-0.4, -0.2) is 6.04 Å². The Morgan fingerprint density at radius 3 is 2.42 bits per heavy atom. The van der Waals surface area contributed by atoms with Gasteiger partial charge in [-0.2, -0.15) is 0 Å². The Hall–Kier alpha value is -1.28. The third-order valence-electron chi connectivity index (χ3n) is 4.01. The summed E-state index contributed by atoms with van der Waals surface area (Å²) in [5.74, 6) is 0. The minimum absolute atomic E-state index is 0.721. The lowest BCUT2D eigenvalue weighted by Crippen LogP contribution is -2.36. The molecule has 19 heavy (non-hydrogen) atoms. The summed E-state index contributed by atoms with van der Waals surface area (Å²) in [6, 6.07) is 16.0. The van der Waals surface area contributed by atoms with Crippen LogP contribution in [0.5, 0.6) is 0 Å². The number of hydrogen-bond donors (Lipinski definition) is 0. The zero-order valence-electron chi connectivity index (χ0n) is 11.3. The molecule has 1 fully saturated rings. The van der Waals surface area contributed by atoms with Crippen LogP contribution in [0.4, 0.5) is 5.69 Å². The van der Waals surface area contributed by atoms with Crippen LogP contribution in [0.1, 0.15) is 37.0 Å². The second kappa shape index (κ2) is 6.25. The zero-order valence-corrected chi connectivity index (χ0v) is 12.1. The van der Waals surface area contributed by atoms with Crippen molar-refractivity contribution in [1.82, 2.24) is 0 Å². The summed E-state index contributed by atoms with van der Waals surface area (Å²) in [7, 11) is 0. The molecule has 1 saturated carbocycles. The third kappa shape index (κ3) is 3.19. The average Bonchev–Trinajstić information content (AvgIpc) is 3.00. The molecule has 1 aliphatic carbocycles. The van der Waals surface area contributed by atoms with Gasteiger partial charge < -0.3 is 4.90 Å². The van der Waals surface area contributed by atoms with Gasteiger partial charge in [0, 0.05) is 16.6 Å². The molecule has 0 radical (unpaired) electrons. The molecule has 100 valence electrons. The molecule has 0 spiro atoms. The quantitative estimate of drug-likeness (QED) is 0.749. The van der Waals surface area contributed by atoms with Crippen LogP contribution in [-0.2, 0) is 6.54 Å². The summed E-state index contributed by atoms with van der Waals surface area (Å²) in [4.78, 5) is 4.08. The van der Waals surface area contributed by atoms with E-state index in [1.54, 1.807) is 0 Å². The van der Waals surface area contributed by atoms with Gasteiger partial charge >= 0.3 is 0 Å². The lowest BCUT2D eigenvalue weighted by Gasteiger charge is -2.36. The molecule has 0 aliphatic heterocycles. The minimum atomic E-state index is 0.721. The molecular formula is C17H21NS. The highest BCUT2D eigenvalue weighted by atomic mass is 32.1. The van der Waals surface area contributed by atoms with E-state index in [4.69, 9.17) is 0 Å². The van der Waals surface area contributed by atoms with Crippen molar-refractivity contribution in [2.24, 2.45) is 0 Å². The summed E-state index contributed by atoms with van der Waals surface area (Å²) in [6.45, 7) is 1.06. The van der Waals surface area contributed by atoms with Crippen LogP contribution >= 0.6 is 11.3 Å². The van der Waals surface area contributed by atoms with E-state index >= 15 is 0 Å². The maximum atomic E-state index is 2.62. The Balaban J connectivity index is 1.82. The lowest BCUT2D eigenvalue weighted by atomic mass is 9.93. The second-order valence-electron chi connectivity index (χ2n) is 5.33. The van der Waals surface area contributed by atoms with E-state index in [9.17, 15) is 0 Å². The maximum absolute atomic E-state index is 2.62. The van der Waals surface area contributed by atoms with Crippen LogP contribution < -0.4 is 4.90 Å². The molecule has 1 aromatic carbocycles. The van der Waals surface area contributed by atoms with E-state index in [2.05, 4.69) is 52.7 Å². The normalized spacial score (nSPS) is 16.4. The Labute approximate surface area is 119 Å². The molecule has 2 aromatic rings. The average molecular weight is 271 g/mol. The van der Waals surface area contributed by atoms with E-state index in [1.165, 1.54) is 42.7 Å². The lowest BCUT2D eigenvalue weighted by molar-refractivity contribution is 0.414. The van der Waals surface area contributed by atoms with Crippen LogP contribution in [0.3, 0.4) is 0 Å². The van der Waals surface area contributed by atoms with Crippen LogP contribution in [0.15, 0.2) is 47.8 Å². The standard InChI is InChI=1S/C17H21NS/c1-3-8-15(9-4-1)18(14-17-12-7-13-19-17)16-10-5-2-6-11-16/h1,3-4,7-9,12-13,16H,2,5-6,10-11,14H2. The van der Waals surface area contributed by atoms with Gasteiger partial charge in [0.25, 0.3) is 0 Å². The first-order chi connectivity index (χ1) is 9.43. The Kier molecular flexibility index (Phi) is 4.19. The van der Waals surface area contributed by atoms with E-state index in [-0.39, 0.29) is 0 Å². The van der Waals surface area contributed by atoms with Gasteiger partial charge in [-0.15, -0.1) is 11.3 Å². The summed E-state index contributed by atoms with van der Waals surface area (Å²) >= 11 is 1.87. The Morgan fingerprint density at radius 2 is 1.74 bits per heavy atom. The second-order valence-corrected chi connectivity index (χ2v) is 6.37. The molecule has 2 heteroatoms. The number of para-hydroxylation sites is 1. The van der Waals surface area contributed by atoms with Gasteiger partial charge in [-0.3, -0.25) is 0 Å². The minimum Gasteiger partial charge on any atom is -0.363 e. The van der Waals surface area contributed by atoms with E-state index in [0.29, 0.717) is 0 Å². The SMILES string of the molecule is c1ccc(N(Cc2cccs2)C2CCCCC2)cc1. The molecule has 0 unspecified atom stereocenters. The first kappa shape index (κ1) is 12.7. The number of benzene rings is 1. The number of nitrogens with zero attached hydrogens (tertiary/aromatic N) is 1.